The quantitative estimate of drug-likeness (QED) is 0.412. The van der Waals surface area contributed by atoms with Crippen molar-refractivity contribution in [2.75, 3.05) is 41.9 Å². The summed E-state index contributed by atoms with van der Waals surface area (Å²) in [5.41, 5.74) is 4.73. The standard InChI is InChI=1S/C26H30N10O2/c1-5-19-14-35(10-11-38-19)22-12-17(8-9-27-22)24-20-13-18(6-7-21(20)29-30-24)28-25(37)23-15(2)34(4)26-31-32-33-36(26)16(23)3/h6-9,12-13,16,19H,5,10-11,14H2,1-4H3,(H,28,37)(H,29,30)/t16-,19+/m1/s1. The van der Waals surface area contributed by atoms with Crippen LogP contribution in [0.25, 0.3) is 22.2 Å². The Morgan fingerprint density at radius 2 is 2.13 bits per heavy atom. The van der Waals surface area contributed by atoms with Crippen LogP contribution < -0.4 is 15.1 Å². The zero-order valence-corrected chi connectivity index (χ0v) is 21.8. The van der Waals surface area contributed by atoms with Gasteiger partial charge in [-0.05, 0) is 61.0 Å². The molecular formula is C26H30N10O2. The Morgan fingerprint density at radius 1 is 1.26 bits per heavy atom. The maximum absolute atomic E-state index is 13.4. The van der Waals surface area contributed by atoms with Crippen molar-refractivity contribution in [2.45, 2.75) is 39.3 Å². The number of aromatic nitrogens is 7. The molecule has 0 radical (unpaired) electrons. The monoisotopic (exact) mass is 514 g/mol. The minimum Gasteiger partial charge on any atom is -0.375 e. The van der Waals surface area contributed by atoms with Gasteiger partial charge in [-0.3, -0.25) is 9.89 Å². The molecule has 12 heteroatoms. The number of ether oxygens (including phenoxy) is 1. The lowest BCUT2D eigenvalue weighted by molar-refractivity contribution is -0.113. The predicted octanol–water partition coefficient (Wildman–Crippen LogP) is 3.15. The number of nitrogens with one attached hydrogen (secondary N) is 2. The SMILES string of the molecule is CC[C@H]1CN(c2cc(-c3n[nH]c4ccc(NC(=O)C5=C(C)N(C)c6nnnn6[C@@H]5C)cc34)ccn2)CCO1. The second-order valence-corrected chi connectivity index (χ2v) is 9.69. The molecule has 196 valence electrons. The molecule has 1 fully saturated rings. The maximum Gasteiger partial charge on any atom is 0.255 e. The number of rotatable bonds is 5. The molecule has 5 heterocycles. The summed E-state index contributed by atoms with van der Waals surface area (Å²) in [6.45, 7) is 8.27. The fraction of sp³-hybridized carbons (Fsp3) is 0.385. The van der Waals surface area contributed by atoms with Crippen molar-refractivity contribution < 1.29 is 9.53 Å². The van der Waals surface area contributed by atoms with Crippen LogP contribution in [0.1, 0.15) is 33.2 Å². The highest BCUT2D eigenvalue weighted by atomic mass is 16.5. The molecular weight excluding hydrogens is 484 g/mol. The number of H-pyrrole nitrogens is 1. The smallest absolute Gasteiger partial charge is 0.255 e. The van der Waals surface area contributed by atoms with Gasteiger partial charge in [0.05, 0.1) is 29.8 Å². The van der Waals surface area contributed by atoms with Gasteiger partial charge in [0.2, 0.25) is 5.95 Å². The molecule has 1 saturated heterocycles. The Kier molecular flexibility index (Phi) is 6.03. The summed E-state index contributed by atoms with van der Waals surface area (Å²) in [7, 11) is 1.85. The van der Waals surface area contributed by atoms with Gasteiger partial charge in [0.25, 0.3) is 5.91 Å². The molecule has 1 amide bonds. The van der Waals surface area contributed by atoms with Gasteiger partial charge in [0.1, 0.15) is 11.5 Å². The van der Waals surface area contributed by atoms with Crippen molar-refractivity contribution in [1.82, 2.24) is 35.4 Å². The number of amides is 1. The Bertz CT molecular complexity index is 1540. The molecule has 2 atom stereocenters. The first-order chi connectivity index (χ1) is 18.4. The van der Waals surface area contributed by atoms with Crippen LogP contribution in [0, 0.1) is 0 Å². The molecule has 1 aromatic carbocycles. The van der Waals surface area contributed by atoms with Gasteiger partial charge < -0.3 is 19.9 Å². The molecule has 0 unspecified atom stereocenters. The van der Waals surface area contributed by atoms with Crippen molar-refractivity contribution in [3.8, 4) is 11.3 Å². The van der Waals surface area contributed by atoms with E-state index in [1.54, 1.807) is 4.68 Å². The third kappa shape index (κ3) is 4.06. The molecule has 2 aliphatic rings. The lowest BCUT2D eigenvalue weighted by Gasteiger charge is -2.33. The van der Waals surface area contributed by atoms with Gasteiger partial charge in [0.15, 0.2) is 0 Å². The topological polar surface area (TPSA) is 130 Å². The number of carbonyl (C=O) groups excluding carboxylic acids is 1. The minimum absolute atomic E-state index is 0.198. The summed E-state index contributed by atoms with van der Waals surface area (Å²) in [5.74, 6) is 1.32. The maximum atomic E-state index is 13.4. The van der Waals surface area contributed by atoms with Gasteiger partial charge >= 0.3 is 0 Å². The summed E-state index contributed by atoms with van der Waals surface area (Å²) in [6.07, 6.45) is 3.00. The number of tetrazole rings is 1. The molecule has 0 saturated carbocycles. The number of fused-ring (bicyclic) bond motifs is 2. The van der Waals surface area contributed by atoms with Crippen molar-refractivity contribution in [2.24, 2.45) is 0 Å². The molecule has 2 aliphatic heterocycles. The molecule has 3 aromatic heterocycles. The lowest BCUT2D eigenvalue weighted by Crippen LogP contribution is -2.42. The number of hydrogen-bond acceptors (Lipinski definition) is 9. The van der Waals surface area contributed by atoms with Crippen LogP contribution in [0.2, 0.25) is 0 Å². The summed E-state index contributed by atoms with van der Waals surface area (Å²) in [5, 5.41) is 23.6. The number of morpholine rings is 1. The second kappa shape index (κ2) is 9.53. The molecule has 6 rings (SSSR count). The van der Waals surface area contributed by atoms with Crippen LogP contribution >= 0.6 is 0 Å². The van der Waals surface area contributed by atoms with Crippen LogP contribution in [-0.4, -0.2) is 74.1 Å². The number of carbonyl (C=O) groups is 1. The Morgan fingerprint density at radius 3 is 2.97 bits per heavy atom. The van der Waals surface area contributed by atoms with Crippen LogP contribution in [0.3, 0.4) is 0 Å². The van der Waals surface area contributed by atoms with Crippen LogP contribution in [0.4, 0.5) is 17.5 Å². The van der Waals surface area contributed by atoms with Crippen LogP contribution in [-0.2, 0) is 9.53 Å². The van der Waals surface area contributed by atoms with Crippen molar-refractivity contribution in [3.63, 3.8) is 0 Å². The molecule has 12 nitrogen and oxygen atoms in total. The summed E-state index contributed by atoms with van der Waals surface area (Å²) in [6, 6.07) is 9.47. The number of hydrogen-bond donors (Lipinski definition) is 2. The third-order valence-corrected chi connectivity index (χ3v) is 7.46. The van der Waals surface area contributed by atoms with E-state index >= 15 is 0 Å². The summed E-state index contributed by atoms with van der Waals surface area (Å²) < 4.78 is 7.47. The molecule has 38 heavy (non-hydrogen) atoms. The Labute approximate surface area is 219 Å². The molecule has 0 aliphatic carbocycles. The average molecular weight is 515 g/mol. The Balaban J connectivity index is 1.28. The number of aromatic amines is 1. The molecule has 4 aromatic rings. The second-order valence-electron chi connectivity index (χ2n) is 9.69. The normalized spacial score (nSPS) is 19.7. The lowest BCUT2D eigenvalue weighted by atomic mass is 10.0. The van der Waals surface area contributed by atoms with Crippen LogP contribution in [0.15, 0.2) is 47.8 Å². The summed E-state index contributed by atoms with van der Waals surface area (Å²) in [4.78, 5) is 22.1. The zero-order chi connectivity index (χ0) is 26.4. The summed E-state index contributed by atoms with van der Waals surface area (Å²) >= 11 is 0. The fourth-order valence-electron chi connectivity index (χ4n) is 5.19. The highest BCUT2D eigenvalue weighted by Gasteiger charge is 2.32. The molecule has 0 spiro atoms. The van der Waals surface area contributed by atoms with Crippen molar-refractivity contribution >= 4 is 34.3 Å². The Hall–Kier alpha value is -4.32. The predicted molar refractivity (Wildman–Crippen MR) is 144 cm³/mol. The molecule has 2 N–H and O–H groups in total. The number of benzene rings is 1. The van der Waals surface area contributed by atoms with Crippen LogP contribution in [0.5, 0.6) is 0 Å². The van der Waals surface area contributed by atoms with E-state index in [4.69, 9.17) is 4.74 Å². The largest absolute Gasteiger partial charge is 0.375 e. The number of allylic oxidation sites excluding steroid dienone is 1. The molecule has 0 bridgehead atoms. The third-order valence-electron chi connectivity index (χ3n) is 7.46. The van der Waals surface area contributed by atoms with E-state index in [0.29, 0.717) is 23.8 Å². The van der Waals surface area contributed by atoms with Crippen molar-refractivity contribution in [3.05, 3.63) is 47.8 Å². The first kappa shape index (κ1) is 24.0. The van der Waals surface area contributed by atoms with E-state index in [9.17, 15) is 4.79 Å². The van der Waals surface area contributed by atoms with E-state index < -0.39 is 0 Å². The van der Waals surface area contributed by atoms with E-state index in [1.807, 2.05) is 56.3 Å². The minimum atomic E-state index is -0.299. The van der Waals surface area contributed by atoms with Gasteiger partial charge in [-0.1, -0.05) is 12.0 Å². The highest BCUT2D eigenvalue weighted by Crippen LogP contribution is 2.34. The van der Waals surface area contributed by atoms with Gasteiger partial charge in [-0.2, -0.15) is 5.10 Å². The fourth-order valence-corrected chi connectivity index (χ4v) is 5.19. The van der Waals surface area contributed by atoms with E-state index in [0.717, 1.165) is 53.2 Å². The first-order valence-corrected chi connectivity index (χ1v) is 12.8. The van der Waals surface area contributed by atoms with Crippen molar-refractivity contribution in [1.29, 1.82) is 0 Å². The van der Waals surface area contributed by atoms with E-state index in [2.05, 4.69) is 53.9 Å². The van der Waals surface area contributed by atoms with E-state index in [-0.39, 0.29) is 18.1 Å². The number of anilines is 3. The van der Waals surface area contributed by atoms with Gasteiger partial charge in [-0.25, -0.2) is 9.67 Å². The zero-order valence-electron chi connectivity index (χ0n) is 21.8. The average Bonchev–Trinajstić information content (AvgIpc) is 3.60. The van der Waals surface area contributed by atoms with E-state index in [1.165, 1.54) is 0 Å². The van der Waals surface area contributed by atoms with Gasteiger partial charge in [0, 0.05) is 48.7 Å². The van der Waals surface area contributed by atoms with Gasteiger partial charge in [-0.15, -0.1) is 0 Å². The number of nitrogens with zero attached hydrogens (tertiary/aromatic N) is 8. The number of pyridine rings is 1. The highest BCUT2D eigenvalue weighted by molar-refractivity contribution is 6.07. The first-order valence-electron chi connectivity index (χ1n) is 12.8.